The van der Waals surface area contributed by atoms with E-state index in [2.05, 4.69) is 10.4 Å². The minimum absolute atomic E-state index is 0.412. The zero-order valence-electron chi connectivity index (χ0n) is 15.4. The van der Waals surface area contributed by atoms with E-state index in [0.29, 0.717) is 23.5 Å². The number of urea groups is 1. The van der Waals surface area contributed by atoms with Crippen molar-refractivity contribution in [1.29, 1.82) is 0 Å². The Morgan fingerprint density at radius 2 is 1.85 bits per heavy atom. The number of carbonyl (C=O) groups is 2. The van der Waals surface area contributed by atoms with Gasteiger partial charge in [0.2, 0.25) is 0 Å². The van der Waals surface area contributed by atoms with E-state index < -0.39 is 17.5 Å². The number of imide groups is 1. The van der Waals surface area contributed by atoms with Crippen LogP contribution in [0.1, 0.15) is 24.5 Å². The molecule has 0 bridgehead atoms. The number of carbonyl (C=O) groups excluding carboxylic acids is 2. The summed E-state index contributed by atoms with van der Waals surface area (Å²) in [4.78, 5) is 25.5. The number of ether oxygens (including phenoxy) is 2. The third kappa shape index (κ3) is 3.23. The lowest BCUT2D eigenvalue weighted by atomic mass is 9.87. The summed E-state index contributed by atoms with van der Waals surface area (Å²) in [6, 6.07) is 13.8. The molecule has 1 fully saturated rings. The van der Waals surface area contributed by atoms with E-state index >= 15 is 0 Å². The van der Waals surface area contributed by atoms with Crippen molar-refractivity contribution in [2.75, 3.05) is 14.2 Å². The Balaban J connectivity index is 1.91. The summed E-state index contributed by atoms with van der Waals surface area (Å²) < 4.78 is 10.5. The fourth-order valence-electron chi connectivity index (χ4n) is 3.07. The van der Waals surface area contributed by atoms with Gasteiger partial charge in [0.1, 0.15) is 17.0 Å². The van der Waals surface area contributed by atoms with Gasteiger partial charge < -0.3 is 14.8 Å². The first-order chi connectivity index (χ1) is 13.1. The molecule has 2 aromatic carbocycles. The van der Waals surface area contributed by atoms with Crippen LogP contribution in [0, 0.1) is 0 Å². The maximum absolute atomic E-state index is 13.0. The predicted molar refractivity (Wildman–Crippen MR) is 101 cm³/mol. The molecule has 3 rings (SSSR count). The second-order valence-electron chi connectivity index (χ2n) is 6.02. The second-order valence-corrected chi connectivity index (χ2v) is 6.02. The van der Waals surface area contributed by atoms with Crippen molar-refractivity contribution in [2.24, 2.45) is 5.10 Å². The average Bonchev–Trinajstić information content (AvgIpc) is 2.97. The van der Waals surface area contributed by atoms with Crippen LogP contribution >= 0.6 is 0 Å². The normalized spacial score (nSPS) is 19.4. The van der Waals surface area contributed by atoms with Crippen LogP contribution in [0.25, 0.3) is 0 Å². The summed E-state index contributed by atoms with van der Waals surface area (Å²) in [5, 5.41) is 7.76. The van der Waals surface area contributed by atoms with E-state index in [1.807, 2.05) is 37.3 Å². The first-order valence-corrected chi connectivity index (χ1v) is 8.54. The predicted octanol–water partition coefficient (Wildman–Crippen LogP) is 2.90. The van der Waals surface area contributed by atoms with Crippen LogP contribution in [0.4, 0.5) is 4.79 Å². The van der Waals surface area contributed by atoms with Gasteiger partial charge in [-0.2, -0.15) is 5.10 Å². The number of methoxy groups -OCH3 is 2. The van der Waals surface area contributed by atoms with Crippen molar-refractivity contribution in [3.05, 3.63) is 59.7 Å². The fourth-order valence-corrected chi connectivity index (χ4v) is 3.07. The standard InChI is InChI=1S/C20H21N3O4/c1-4-20(15-8-6-5-7-9-15)18(24)23(19(25)22-20)21-13-14-10-11-16(26-2)12-17(14)27-3/h5-13H,4H2,1-3H3,(H,22,25)/b21-13-/t20-/m0/s1. The first kappa shape index (κ1) is 18.4. The lowest BCUT2D eigenvalue weighted by Crippen LogP contribution is -2.43. The van der Waals surface area contributed by atoms with E-state index in [1.165, 1.54) is 13.3 Å². The average molecular weight is 367 g/mol. The molecule has 27 heavy (non-hydrogen) atoms. The zero-order chi connectivity index (χ0) is 19.4. The molecule has 140 valence electrons. The monoisotopic (exact) mass is 367 g/mol. The summed E-state index contributed by atoms with van der Waals surface area (Å²) in [5.74, 6) is 0.743. The Morgan fingerprint density at radius 3 is 2.48 bits per heavy atom. The van der Waals surface area contributed by atoms with E-state index in [4.69, 9.17) is 9.47 Å². The molecular formula is C20H21N3O4. The Labute approximate surface area is 157 Å². The van der Waals surface area contributed by atoms with Gasteiger partial charge in [0, 0.05) is 11.6 Å². The van der Waals surface area contributed by atoms with Gasteiger partial charge in [-0.1, -0.05) is 37.3 Å². The van der Waals surface area contributed by atoms with Crippen molar-refractivity contribution in [3.8, 4) is 11.5 Å². The maximum Gasteiger partial charge on any atom is 0.346 e. The van der Waals surface area contributed by atoms with Gasteiger partial charge in [-0.05, 0) is 24.1 Å². The third-order valence-corrected chi connectivity index (χ3v) is 4.62. The van der Waals surface area contributed by atoms with Gasteiger partial charge in [0.25, 0.3) is 5.91 Å². The molecule has 0 spiro atoms. The fraction of sp³-hybridized carbons (Fsp3) is 0.250. The van der Waals surface area contributed by atoms with E-state index in [0.717, 1.165) is 10.6 Å². The zero-order valence-corrected chi connectivity index (χ0v) is 15.4. The number of nitrogens with one attached hydrogen (secondary N) is 1. The van der Waals surface area contributed by atoms with Crippen LogP contribution in [0.2, 0.25) is 0 Å². The van der Waals surface area contributed by atoms with Crippen molar-refractivity contribution in [3.63, 3.8) is 0 Å². The van der Waals surface area contributed by atoms with Crippen molar-refractivity contribution < 1.29 is 19.1 Å². The first-order valence-electron chi connectivity index (χ1n) is 8.54. The number of rotatable bonds is 6. The molecule has 2 aromatic rings. The van der Waals surface area contributed by atoms with Crippen LogP contribution in [0.3, 0.4) is 0 Å². The molecular weight excluding hydrogens is 346 g/mol. The molecule has 0 unspecified atom stereocenters. The molecule has 0 aliphatic carbocycles. The molecule has 0 saturated carbocycles. The Morgan fingerprint density at radius 1 is 1.11 bits per heavy atom. The number of hydrogen-bond donors (Lipinski definition) is 1. The maximum atomic E-state index is 13.0. The molecule has 7 heteroatoms. The molecule has 1 N–H and O–H groups in total. The number of hydrazone groups is 1. The summed E-state index contributed by atoms with van der Waals surface area (Å²) in [6.45, 7) is 1.85. The van der Waals surface area contributed by atoms with E-state index in [1.54, 1.807) is 25.3 Å². The van der Waals surface area contributed by atoms with Crippen molar-refractivity contribution in [1.82, 2.24) is 10.3 Å². The van der Waals surface area contributed by atoms with Crippen molar-refractivity contribution >= 4 is 18.2 Å². The van der Waals surface area contributed by atoms with Gasteiger partial charge in [-0.25, -0.2) is 4.79 Å². The highest BCUT2D eigenvalue weighted by molar-refractivity contribution is 6.07. The number of nitrogens with zero attached hydrogens (tertiary/aromatic N) is 2. The molecule has 1 aliphatic rings. The van der Waals surface area contributed by atoms with Gasteiger partial charge in [-0.3, -0.25) is 4.79 Å². The lowest BCUT2D eigenvalue weighted by molar-refractivity contribution is -0.131. The number of amides is 3. The molecule has 1 saturated heterocycles. The van der Waals surface area contributed by atoms with Gasteiger partial charge >= 0.3 is 6.03 Å². The topological polar surface area (TPSA) is 80.2 Å². The quantitative estimate of drug-likeness (QED) is 0.629. The largest absolute Gasteiger partial charge is 0.497 e. The summed E-state index contributed by atoms with van der Waals surface area (Å²) in [7, 11) is 3.08. The summed E-state index contributed by atoms with van der Waals surface area (Å²) >= 11 is 0. The second kappa shape index (κ2) is 7.49. The number of benzene rings is 2. The van der Waals surface area contributed by atoms with Gasteiger partial charge in [-0.15, -0.1) is 5.01 Å². The number of hydrogen-bond acceptors (Lipinski definition) is 5. The highest BCUT2D eigenvalue weighted by Gasteiger charge is 2.51. The molecule has 1 aliphatic heterocycles. The van der Waals surface area contributed by atoms with Crippen LogP contribution in [0.15, 0.2) is 53.6 Å². The van der Waals surface area contributed by atoms with E-state index in [9.17, 15) is 9.59 Å². The summed E-state index contributed by atoms with van der Waals surface area (Å²) in [6.07, 6.45) is 1.84. The van der Waals surface area contributed by atoms with Crippen molar-refractivity contribution in [2.45, 2.75) is 18.9 Å². The van der Waals surface area contributed by atoms with Crippen LogP contribution in [0.5, 0.6) is 11.5 Å². The molecule has 1 heterocycles. The van der Waals surface area contributed by atoms with Gasteiger partial charge in [0.05, 0.1) is 20.4 Å². The Hall–Kier alpha value is -3.35. The summed E-state index contributed by atoms with van der Waals surface area (Å²) in [5.41, 5.74) is 0.234. The molecule has 1 atom stereocenters. The highest BCUT2D eigenvalue weighted by atomic mass is 16.5. The minimum atomic E-state index is -1.11. The highest BCUT2D eigenvalue weighted by Crippen LogP contribution is 2.32. The van der Waals surface area contributed by atoms with E-state index in [-0.39, 0.29) is 0 Å². The van der Waals surface area contributed by atoms with Crippen LogP contribution in [-0.2, 0) is 10.3 Å². The Bertz CT molecular complexity index is 882. The van der Waals surface area contributed by atoms with Gasteiger partial charge in [0.15, 0.2) is 0 Å². The molecule has 0 aromatic heterocycles. The van der Waals surface area contributed by atoms with Crippen LogP contribution in [-0.4, -0.2) is 37.4 Å². The molecule has 3 amide bonds. The third-order valence-electron chi connectivity index (χ3n) is 4.62. The van der Waals surface area contributed by atoms with Crippen LogP contribution < -0.4 is 14.8 Å². The Kier molecular flexibility index (Phi) is 5.12. The lowest BCUT2D eigenvalue weighted by Gasteiger charge is -2.24. The smallest absolute Gasteiger partial charge is 0.346 e. The molecule has 0 radical (unpaired) electrons. The molecule has 7 nitrogen and oxygen atoms in total. The minimum Gasteiger partial charge on any atom is -0.497 e. The SMILES string of the molecule is CC[C@@]1(c2ccccc2)NC(=O)N(/N=C\c2ccc(OC)cc2OC)C1=O.